The van der Waals surface area contributed by atoms with Gasteiger partial charge in [0.1, 0.15) is 5.82 Å². The van der Waals surface area contributed by atoms with Crippen molar-refractivity contribution in [2.75, 3.05) is 11.4 Å². The summed E-state index contributed by atoms with van der Waals surface area (Å²) in [6.45, 7) is 0.642. The van der Waals surface area contributed by atoms with E-state index in [4.69, 9.17) is 0 Å². The number of benzene rings is 1. The number of anilines is 1. The number of hydrogen-bond acceptors (Lipinski definition) is 1. The third kappa shape index (κ3) is 1.84. The normalized spacial score (nSPS) is 19.1. The highest BCUT2D eigenvalue weighted by molar-refractivity contribution is 5.96. The second-order valence-electron chi connectivity index (χ2n) is 4.98. The Labute approximate surface area is 106 Å². The predicted octanol–water partition coefficient (Wildman–Crippen LogP) is 3.07. The summed E-state index contributed by atoms with van der Waals surface area (Å²) in [5.74, 6) is -0.187. The molecule has 0 N–H and O–H groups in total. The highest BCUT2D eigenvalue weighted by Gasteiger charge is 2.30. The molecule has 18 heavy (non-hydrogen) atoms. The summed E-state index contributed by atoms with van der Waals surface area (Å²) in [5, 5.41) is 0. The van der Waals surface area contributed by atoms with Crippen LogP contribution in [-0.2, 0) is 11.2 Å². The van der Waals surface area contributed by atoms with Crippen LogP contribution in [0.2, 0.25) is 0 Å². The summed E-state index contributed by atoms with van der Waals surface area (Å²) in [5.41, 5.74) is 1.47. The summed E-state index contributed by atoms with van der Waals surface area (Å²) in [6, 6.07) is 5.08. The molecular weight excluding hydrogens is 229 g/mol. The Balaban J connectivity index is 1.93. The number of fused-ring (bicyclic) bond motifs is 1. The Bertz CT molecular complexity index is 501. The highest BCUT2D eigenvalue weighted by Crippen LogP contribution is 2.32. The highest BCUT2D eigenvalue weighted by atomic mass is 19.1. The zero-order valence-corrected chi connectivity index (χ0v) is 10.2. The van der Waals surface area contributed by atoms with Gasteiger partial charge in [-0.3, -0.25) is 4.79 Å². The maximum Gasteiger partial charge on any atom is 0.230 e. The number of rotatable bonds is 1. The van der Waals surface area contributed by atoms with Crippen LogP contribution in [0, 0.1) is 11.7 Å². The molecule has 1 aromatic carbocycles. The number of hydrogen-bond donors (Lipinski definition) is 0. The van der Waals surface area contributed by atoms with Gasteiger partial charge in [-0.05, 0) is 37.3 Å². The maximum atomic E-state index is 14.0. The molecule has 0 saturated heterocycles. The zero-order valence-electron chi connectivity index (χ0n) is 10.2. The largest absolute Gasteiger partial charge is 0.309 e. The van der Waals surface area contributed by atoms with Crippen molar-refractivity contribution in [1.82, 2.24) is 0 Å². The number of amides is 1. The lowest BCUT2D eigenvalue weighted by atomic mass is 9.98. The Hall–Kier alpha value is -1.64. The van der Waals surface area contributed by atoms with Crippen molar-refractivity contribution < 1.29 is 9.18 Å². The molecule has 0 spiro atoms. The first kappa shape index (κ1) is 11.5. The standard InChI is InChI=1S/C15H16FNO/c16-13-9-3-7-11-8-4-10-17(14(11)13)15(18)12-5-1-2-6-12/h1-3,7,9,12H,4-6,8,10H2. The van der Waals surface area contributed by atoms with E-state index in [0.29, 0.717) is 12.2 Å². The van der Waals surface area contributed by atoms with E-state index < -0.39 is 0 Å². The first-order chi connectivity index (χ1) is 8.77. The Morgan fingerprint density at radius 3 is 2.83 bits per heavy atom. The second-order valence-corrected chi connectivity index (χ2v) is 4.98. The van der Waals surface area contributed by atoms with Crippen molar-refractivity contribution in [2.45, 2.75) is 25.7 Å². The van der Waals surface area contributed by atoms with E-state index in [0.717, 1.165) is 31.2 Å². The quantitative estimate of drug-likeness (QED) is 0.696. The molecule has 3 rings (SSSR count). The zero-order chi connectivity index (χ0) is 12.5. The van der Waals surface area contributed by atoms with E-state index in [9.17, 15) is 9.18 Å². The van der Waals surface area contributed by atoms with E-state index in [1.54, 1.807) is 11.0 Å². The van der Waals surface area contributed by atoms with Gasteiger partial charge in [0.05, 0.1) is 5.69 Å². The average Bonchev–Trinajstić information content (AvgIpc) is 2.91. The van der Waals surface area contributed by atoms with E-state index in [-0.39, 0.29) is 17.6 Å². The third-order valence-corrected chi connectivity index (χ3v) is 3.79. The minimum atomic E-state index is -0.272. The summed E-state index contributed by atoms with van der Waals surface area (Å²) in [7, 11) is 0. The van der Waals surface area contributed by atoms with E-state index in [1.165, 1.54) is 6.07 Å². The molecule has 1 amide bonds. The van der Waals surface area contributed by atoms with Crippen molar-refractivity contribution >= 4 is 11.6 Å². The fourth-order valence-electron chi connectivity index (χ4n) is 2.86. The van der Waals surface area contributed by atoms with Crippen LogP contribution < -0.4 is 4.90 Å². The molecule has 1 aliphatic carbocycles. The Morgan fingerprint density at radius 1 is 1.28 bits per heavy atom. The third-order valence-electron chi connectivity index (χ3n) is 3.79. The van der Waals surface area contributed by atoms with Crippen molar-refractivity contribution in [3.8, 4) is 0 Å². The fraction of sp³-hybridized carbons (Fsp3) is 0.400. The minimum Gasteiger partial charge on any atom is -0.309 e. The molecule has 94 valence electrons. The van der Waals surface area contributed by atoms with Crippen LogP contribution in [0.4, 0.5) is 10.1 Å². The van der Waals surface area contributed by atoms with Gasteiger partial charge in [-0.15, -0.1) is 0 Å². The van der Waals surface area contributed by atoms with Crippen LogP contribution >= 0.6 is 0 Å². The van der Waals surface area contributed by atoms with Crippen molar-refractivity contribution in [3.63, 3.8) is 0 Å². The number of halogens is 1. The Morgan fingerprint density at radius 2 is 2.06 bits per heavy atom. The summed E-state index contributed by atoms with van der Waals surface area (Å²) in [6.07, 6.45) is 7.43. The lowest BCUT2D eigenvalue weighted by molar-refractivity contribution is -0.122. The number of nitrogens with zero attached hydrogens (tertiary/aromatic N) is 1. The van der Waals surface area contributed by atoms with Gasteiger partial charge in [0.2, 0.25) is 5.91 Å². The van der Waals surface area contributed by atoms with Gasteiger partial charge >= 0.3 is 0 Å². The van der Waals surface area contributed by atoms with Crippen LogP contribution in [0.15, 0.2) is 30.4 Å². The summed E-state index contributed by atoms with van der Waals surface area (Å²) in [4.78, 5) is 14.1. The smallest absolute Gasteiger partial charge is 0.230 e. The van der Waals surface area contributed by atoms with Crippen molar-refractivity contribution in [3.05, 3.63) is 41.7 Å². The van der Waals surface area contributed by atoms with E-state index in [1.807, 2.05) is 18.2 Å². The van der Waals surface area contributed by atoms with Gasteiger partial charge in [0.15, 0.2) is 0 Å². The van der Waals surface area contributed by atoms with Crippen LogP contribution in [-0.4, -0.2) is 12.5 Å². The van der Waals surface area contributed by atoms with Crippen LogP contribution in [0.1, 0.15) is 24.8 Å². The average molecular weight is 245 g/mol. The lowest BCUT2D eigenvalue weighted by Gasteiger charge is -2.31. The molecule has 1 aliphatic heterocycles. The van der Waals surface area contributed by atoms with Crippen molar-refractivity contribution in [1.29, 1.82) is 0 Å². The summed E-state index contributed by atoms with van der Waals surface area (Å²) >= 11 is 0. The number of aryl methyl sites for hydroxylation is 1. The molecule has 2 nitrogen and oxygen atoms in total. The second kappa shape index (κ2) is 4.56. The van der Waals surface area contributed by atoms with E-state index in [2.05, 4.69) is 0 Å². The number of para-hydroxylation sites is 1. The van der Waals surface area contributed by atoms with Gasteiger partial charge in [0, 0.05) is 12.5 Å². The molecule has 0 atom stereocenters. The number of carbonyl (C=O) groups excluding carboxylic acids is 1. The molecule has 3 heteroatoms. The minimum absolute atomic E-state index is 0.00977. The first-order valence-corrected chi connectivity index (χ1v) is 6.51. The maximum absolute atomic E-state index is 14.0. The van der Waals surface area contributed by atoms with Crippen LogP contribution in [0.25, 0.3) is 0 Å². The molecule has 2 aliphatic rings. The van der Waals surface area contributed by atoms with Crippen molar-refractivity contribution in [2.24, 2.45) is 5.92 Å². The molecule has 1 aromatic rings. The number of allylic oxidation sites excluding steroid dienone is 2. The van der Waals surface area contributed by atoms with Gasteiger partial charge in [-0.25, -0.2) is 4.39 Å². The molecule has 0 bridgehead atoms. The fourth-order valence-corrected chi connectivity index (χ4v) is 2.86. The molecule has 0 radical (unpaired) electrons. The first-order valence-electron chi connectivity index (χ1n) is 6.51. The van der Waals surface area contributed by atoms with Crippen LogP contribution in [0.3, 0.4) is 0 Å². The van der Waals surface area contributed by atoms with Gasteiger partial charge in [-0.2, -0.15) is 0 Å². The topological polar surface area (TPSA) is 20.3 Å². The molecular formula is C15H16FNO. The predicted molar refractivity (Wildman–Crippen MR) is 68.9 cm³/mol. The molecule has 0 aromatic heterocycles. The molecule has 1 heterocycles. The number of carbonyl (C=O) groups is 1. The monoisotopic (exact) mass is 245 g/mol. The molecule has 0 fully saturated rings. The van der Waals surface area contributed by atoms with Gasteiger partial charge < -0.3 is 4.90 Å². The summed E-state index contributed by atoms with van der Waals surface area (Å²) < 4.78 is 14.0. The van der Waals surface area contributed by atoms with E-state index >= 15 is 0 Å². The Kier molecular flexibility index (Phi) is 2.90. The SMILES string of the molecule is O=C(C1CC=CC1)N1CCCc2cccc(F)c21. The van der Waals surface area contributed by atoms with Crippen LogP contribution in [0.5, 0.6) is 0 Å². The lowest BCUT2D eigenvalue weighted by Crippen LogP contribution is -2.39. The molecule has 0 unspecified atom stereocenters. The van der Waals surface area contributed by atoms with Gasteiger partial charge in [0.25, 0.3) is 0 Å². The van der Waals surface area contributed by atoms with Gasteiger partial charge in [-0.1, -0.05) is 24.3 Å². The molecule has 0 saturated carbocycles.